The number of hydrogen-bond acceptors (Lipinski definition) is 5. The summed E-state index contributed by atoms with van der Waals surface area (Å²) in [5, 5.41) is 19.2. The zero-order valence-electron chi connectivity index (χ0n) is 12.1. The molecule has 22 heavy (non-hydrogen) atoms. The molecule has 0 spiro atoms. The van der Waals surface area contributed by atoms with Gasteiger partial charge in [-0.1, -0.05) is 23.4 Å². The predicted molar refractivity (Wildman–Crippen MR) is 82.1 cm³/mol. The summed E-state index contributed by atoms with van der Waals surface area (Å²) in [5.41, 5.74) is 2.17. The van der Waals surface area contributed by atoms with Gasteiger partial charge in [0.25, 0.3) is 0 Å². The number of benzene rings is 1. The lowest BCUT2D eigenvalue weighted by Gasteiger charge is -2.15. The Balaban J connectivity index is 1.51. The zero-order chi connectivity index (χ0) is 14.9. The van der Waals surface area contributed by atoms with Crippen molar-refractivity contribution >= 4 is 10.9 Å². The number of pyridine rings is 1. The van der Waals surface area contributed by atoms with Crippen LogP contribution in [0.15, 0.2) is 48.9 Å². The molecule has 0 saturated carbocycles. The number of rotatable bonds is 3. The first kappa shape index (κ1) is 13.4. The number of likely N-dealkylation sites (tertiary alicyclic amines) is 1. The minimum Gasteiger partial charge on any atom is -0.390 e. The second kappa shape index (κ2) is 5.47. The van der Waals surface area contributed by atoms with E-state index in [2.05, 4.69) is 32.3 Å². The van der Waals surface area contributed by atoms with Crippen molar-refractivity contribution in [3.63, 3.8) is 0 Å². The number of aromatic nitrogens is 4. The van der Waals surface area contributed by atoms with Crippen molar-refractivity contribution < 1.29 is 5.11 Å². The lowest BCUT2D eigenvalue weighted by atomic mass is 10.1. The molecule has 2 aromatic heterocycles. The minimum atomic E-state index is -0.421. The Labute approximate surface area is 128 Å². The van der Waals surface area contributed by atoms with Crippen molar-refractivity contribution in [1.82, 2.24) is 24.9 Å². The zero-order valence-corrected chi connectivity index (χ0v) is 12.1. The Morgan fingerprint density at radius 1 is 1.23 bits per heavy atom. The van der Waals surface area contributed by atoms with Gasteiger partial charge in [0.1, 0.15) is 0 Å². The molecule has 1 aliphatic heterocycles. The largest absolute Gasteiger partial charge is 0.390 e. The Morgan fingerprint density at radius 2 is 2.14 bits per heavy atom. The van der Waals surface area contributed by atoms with Gasteiger partial charge < -0.3 is 5.11 Å². The predicted octanol–water partition coefficient (Wildman–Crippen LogP) is 1.24. The molecule has 6 nitrogen and oxygen atoms in total. The van der Waals surface area contributed by atoms with Crippen LogP contribution in [-0.4, -0.2) is 49.2 Å². The van der Waals surface area contributed by atoms with Crippen molar-refractivity contribution in [2.24, 2.45) is 0 Å². The van der Waals surface area contributed by atoms with E-state index in [9.17, 15) is 5.11 Å². The van der Waals surface area contributed by atoms with E-state index in [0.29, 0.717) is 6.54 Å². The summed E-state index contributed by atoms with van der Waals surface area (Å²) in [6.07, 6.45) is 4.94. The molecule has 1 N–H and O–H groups in total. The average molecular weight is 295 g/mol. The number of fused-ring (bicyclic) bond motifs is 1. The van der Waals surface area contributed by atoms with Crippen LogP contribution in [0.25, 0.3) is 10.9 Å². The molecule has 0 aliphatic carbocycles. The van der Waals surface area contributed by atoms with Crippen molar-refractivity contribution in [2.45, 2.75) is 18.7 Å². The topological polar surface area (TPSA) is 67.1 Å². The van der Waals surface area contributed by atoms with Crippen molar-refractivity contribution in [3.8, 4) is 0 Å². The number of aliphatic hydroxyl groups excluding tert-OH is 1. The molecule has 0 unspecified atom stereocenters. The highest BCUT2D eigenvalue weighted by Gasteiger charge is 2.33. The van der Waals surface area contributed by atoms with Crippen molar-refractivity contribution in [1.29, 1.82) is 0 Å². The van der Waals surface area contributed by atoms with E-state index in [-0.39, 0.29) is 6.04 Å². The molecule has 1 saturated heterocycles. The maximum absolute atomic E-state index is 10.2. The fourth-order valence-corrected chi connectivity index (χ4v) is 3.09. The van der Waals surface area contributed by atoms with Gasteiger partial charge in [0.05, 0.1) is 23.9 Å². The molecule has 112 valence electrons. The fourth-order valence-electron chi connectivity index (χ4n) is 3.09. The van der Waals surface area contributed by atoms with Gasteiger partial charge in [0.2, 0.25) is 0 Å². The third-order valence-electron chi connectivity index (χ3n) is 4.17. The van der Waals surface area contributed by atoms with Gasteiger partial charge >= 0.3 is 0 Å². The number of aliphatic hydroxyl groups is 1. The van der Waals surface area contributed by atoms with Gasteiger partial charge in [-0.05, 0) is 17.7 Å². The molecule has 0 amide bonds. The first-order valence-electron chi connectivity index (χ1n) is 7.39. The third kappa shape index (κ3) is 2.47. The van der Waals surface area contributed by atoms with Crippen LogP contribution in [0.5, 0.6) is 0 Å². The summed E-state index contributed by atoms with van der Waals surface area (Å²) in [4.78, 5) is 6.72. The molecule has 4 rings (SSSR count). The second-order valence-corrected chi connectivity index (χ2v) is 5.75. The van der Waals surface area contributed by atoms with E-state index in [1.807, 2.05) is 24.4 Å². The molecular weight excluding hydrogens is 278 g/mol. The number of hydrogen-bond donors (Lipinski definition) is 1. The number of nitrogens with zero attached hydrogens (tertiary/aromatic N) is 5. The Bertz CT molecular complexity index is 773. The number of para-hydroxylation sites is 1. The van der Waals surface area contributed by atoms with E-state index in [0.717, 1.165) is 29.6 Å². The average Bonchev–Trinajstić information content (AvgIpc) is 3.17. The summed E-state index contributed by atoms with van der Waals surface area (Å²) in [7, 11) is 0. The van der Waals surface area contributed by atoms with E-state index >= 15 is 0 Å². The van der Waals surface area contributed by atoms with Crippen LogP contribution in [-0.2, 0) is 6.54 Å². The quantitative estimate of drug-likeness (QED) is 0.787. The fraction of sp³-hybridized carbons (Fsp3) is 0.312. The van der Waals surface area contributed by atoms with Gasteiger partial charge in [-0.3, -0.25) is 9.88 Å². The van der Waals surface area contributed by atoms with E-state index in [1.165, 1.54) is 0 Å². The highest BCUT2D eigenvalue weighted by atomic mass is 16.3. The van der Waals surface area contributed by atoms with Crippen LogP contribution in [0.1, 0.15) is 11.6 Å². The minimum absolute atomic E-state index is 0.0316. The molecule has 2 atom stereocenters. The van der Waals surface area contributed by atoms with Gasteiger partial charge in [-0.25, -0.2) is 4.68 Å². The Morgan fingerprint density at radius 3 is 3.00 bits per heavy atom. The van der Waals surface area contributed by atoms with E-state index in [4.69, 9.17) is 0 Å². The molecule has 3 aromatic rings. The van der Waals surface area contributed by atoms with Crippen LogP contribution >= 0.6 is 0 Å². The first-order valence-corrected chi connectivity index (χ1v) is 7.39. The standard InChI is InChI=1S/C16H17N5O/c22-16-11-20(10-15(16)21-6-5-18-19-21)9-12-7-13-3-1-2-4-14(13)17-8-12/h1-8,15-16,22H,9-11H2/t15-,16-/m1/s1. The van der Waals surface area contributed by atoms with Gasteiger partial charge in [0, 0.05) is 37.4 Å². The maximum atomic E-state index is 10.2. The lowest BCUT2D eigenvalue weighted by Crippen LogP contribution is -2.22. The first-order chi connectivity index (χ1) is 10.8. The normalized spacial score (nSPS) is 22.4. The molecule has 3 heterocycles. The van der Waals surface area contributed by atoms with Crippen molar-refractivity contribution in [3.05, 3.63) is 54.5 Å². The van der Waals surface area contributed by atoms with E-state index < -0.39 is 6.10 Å². The summed E-state index contributed by atoms with van der Waals surface area (Å²) >= 11 is 0. The highest BCUT2D eigenvalue weighted by Crippen LogP contribution is 2.23. The van der Waals surface area contributed by atoms with Crippen LogP contribution in [0.2, 0.25) is 0 Å². The highest BCUT2D eigenvalue weighted by molar-refractivity contribution is 5.78. The van der Waals surface area contributed by atoms with Crippen LogP contribution in [0, 0.1) is 0 Å². The molecule has 6 heteroatoms. The summed E-state index contributed by atoms with van der Waals surface area (Å²) in [6.45, 7) is 2.18. The lowest BCUT2D eigenvalue weighted by molar-refractivity contribution is 0.138. The smallest absolute Gasteiger partial charge is 0.0935 e. The third-order valence-corrected chi connectivity index (χ3v) is 4.17. The monoisotopic (exact) mass is 295 g/mol. The van der Waals surface area contributed by atoms with E-state index in [1.54, 1.807) is 17.1 Å². The van der Waals surface area contributed by atoms with Crippen LogP contribution in [0.4, 0.5) is 0 Å². The molecule has 0 bridgehead atoms. The molecule has 0 radical (unpaired) electrons. The summed E-state index contributed by atoms with van der Waals surface area (Å²) in [5.74, 6) is 0. The van der Waals surface area contributed by atoms with Gasteiger partial charge in [0.15, 0.2) is 0 Å². The SMILES string of the molecule is O[C@@H]1CN(Cc2cnc3ccccc3c2)C[C@H]1n1ccnn1. The van der Waals surface area contributed by atoms with Crippen LogP contribution in [0.3, 0.4) is 0 Å². The molecule has 1 aliphatic rings. The summed E-state index contributed by atoms with van der Waals surface area (Å²) < 4.78 is 1.74. The summed E-state index contributed by atoms with van der Waals surface area (Å²) in [6, 6.07) is 10.2. The number of β-amino-alcohol motifs (C(OH)–C–C–N with tert-alkyl or cyclic N) is 1. The molecule has 1 fully saturated rings. The molecule has 1 aromatic carbocycles. The maximum Gasteiger partial charge on any atom is 0.0935 e. The molecular formula is C16H17N5O. The Kier molecular flexibility index (Phi) is 3.32. The van der Waals surface area contributed by atoms with Crippen LogP contribution < -0.4 is 0 Å². The Hall–Kier alpha value is -2.31. The van der Waals surface area contributed by atoms with Gasteiger partial charge in [-0.2, -0.15) is 0 Å². The van der Waals surface area contributed by atoms with Gasteiger partial charge in [-0.15, -0.1) is 5.10 Å². The van der Waals surface area contributed by atoms with Crippen molar-refractivity contribution in [2.75, 3.05) is 13.1 Å². The second-order valence-electron chi connectivity index (χ2n) is 5.75.